The molecule has 130 valence electrons. The van der Waals surface area contributed by atoms with Crippen LogP contribution in [0.2, 0.25) is 0 Å². The van der Waals surface area contributed by atoms with Crippen LogP contribution in [0.15, 0.2) is 48.5 Å². The van der Waals surface area contributed by atoms with Crippen LogP contribution in [0.4, 0.5) is 4.79 Å². The fourth-order valence-electron chi connectivity index (χ4n) is 3.41. The van der Waals surface area contributed by atoms with Crippen LogP contribution in [0.5, 0.6) is 0 Å². The first-order valence-corrected chi connectivity index (χ1v) is 8.43. The summed E-state index contributed by atoms with van der Waals surface area (Å²) in [5.41, 5.74) is 3.76. The van der Waals surface area contributed by atoms with E-state index in [4.69, 9.17) is 4.74 Å². The van der Waals surface area contributed by atoms with Gasteiger partial charge in [0.25, 0.3) is 0 Å². The standard InChI is InChI=1S/C21H23NO3/c1-21(2,3)25-20(24)22(4)18(13-23)19-16-11-7-5-9-14(16)15-10-6-8-12-17(15)19/h5-13,18-19H,1-4H3. The first-order valence-electron chi connectivity index (χ1n) is 8.43. The van der Waals surface area contributed by atoms with Crippen LogP contribution >= 0.6 is 0 Å². The smallest absolute Gasteiger partial charge is 0.410 e. The highest BCUT2D eigenvalue weighted by molar-refractivity contribution is 5.83. The Bertz CT molecular complexity index is 761. The summed E-state index contributed by atoms with van der Waals surface area (Å²) in [6, 6.07) is 15.5. The molecule has 0 N–H and O–H groups in total. The Hall–Kier alpha value is -2.62. The summed E-state index contributed by atoms with van der Waals surface area (Å²) < 4.78 is 5.45. The molecular formula is C21H23NO3. The number of fused-ring (bicyclic) bond motifs is 3. The van der Waals surface area contributed by atoms with E-state index in [-0.39, 0.29) is 5.92 Å². The van der Waals surface area contributed by atoms with Gasteiger partial charge in [0.2, 0.25) is 0 Å². The average molecular weight is 337 g/mol. The topological polar surface area (TPSA) is 46.6 Å². The maximum atomic E-state index is 12.5. The Morgan fingerprint density at radius 1 is 1.04 bits per heavy atom. The van der Waals surface area contributed by atoms with Crippen molar-refractivity contribution in [2.24, 2.45) is 0 Å². The van der Waals surface area contributed by atoms with Gasteiger partial charge in [0, 0.05) is 13.0 Å². The van der Waals surface area contributed by atoms with Crippen LogP contribution in [0.25, 0.3) is 11.1 Å². The number of rotatable bonds is 3. The minimum atomic E-state index is -0.625. The molecular weight excluding hydrogens is 314 g/mol. The van der Waals surface area contributed by atoms with Crippen molar-refractivity contribution in [2.45, 2.75) is 38.3 Å². The number of carbonyl (C=O) groups is 2. The maximum absolute atomic E-state index is 12.5. The largest absolute Gasteiger partial charge is 0.444 e. The van der Waals surface area contributed by atoms with Gasteiger partial charge in [0.05, 0.1) is 0 Å². The van der Waals surface area contributed by atoms with E-state index in [0.717, 1.165) is 28.5 Å². The Morgan fingerprint density at radius 2 is 1.52 bits per heavy atom. The highest BCUT2D eigenvalue weighted by Crippen LogP contribution is 2.46. The quantitative estimate of drug-likeness (QED) is 0.787. The molecule has 2 aromatic rings. The van der Waals surface area contributed by atoms with Gasteiger partial charge in [-0.05, 0) is 43.0 Å². The zero-order valence-corrected chi connectivity index (χ0v) is 15.0. The van der Waals surface area contributed by atoms with Crippen molar-refractivity contribution >= 4 is 12.4 Å². The SMILES string of the molecule is CN(C(=O)OC(C)(C)C)C(C=O)C1c2ccccc2-c2ccccc21. The predicted molar refractivity (Wildman–Crippen MR) is 97.6 cm³/mol. The third kappa shape index (κ3) is 3.16. The van der Waals surface area contributed by atoms with Crippen LogP contribution < -0.4 is 0 Å². The Balaban J connectivity index is 2.01. The minimum absolute atomic E-state index is 0.192. The van der Waals surface area contributed by atoms with Crippen molar-refractivity contribution in [3.63, 3.8) is 0 Å². The van der Waals surface area contributed by atoms with Crippen LogP contribution in [-0.4, -0.2) is 36.0 Å². The third-order valence-electron chi connectivity index (χ3n) is 4.49. The van der Waals surface area contributed by atoms with Gasteiger partial charge >= 0.3 is 6.09 Å². The summed E-state index contributed by atoms with van der Waals surface area (Å²) in [7, 11) is 1.62. The molecule has 4 heteroatoms. The van der Waals surface area contributed by atoms with Gasteiger partial charge in [-0.3, -0.25) is 0 Å². The van der Waals surface area contributed by atoms with Gasteiger partial charge < -0.3 is 14.4 Å². The second-order valence-corrected chi connectivity index (χ2v) is 7.37. The molecule has 1 aliphatic carbocycles. The summed E-state index contributed by atoms with van der Waals surface area (Å²) >= 11 is 0. The number of amides is 1. The lowest BCUT2D eigenvalue weighted by Crippen LogP contribution is -2.44. The van der Waals surface area contributed by atoms with E-state index in [2.05, 4.69) is 12.1 Å². The molecule has 0 aromatic heterocycles. The molecule has 3 rings (SSSR count). The highest BCUT2D eigenvalue weighted by atomic mass is 16.6. The summed E-state index contributed by atoms with van der Waals surface area (Å²) in [6.07, 6.45) is 0.347. The number of hydrogen-bond acceptors (Lipinski definition) is 3. The number of hydrogen-bond donors (Lipinski definition) is 0. The lowest BCUT2D eigenvalue weighted by molar-refractivity contribution is -0.112. The van der Waals surface area contributed by atoms with Gasteiger partial charge in [0.1, 0.15) is 17.9 Å². The molecule has 1 amide bonds. The number of likely N-dealkylation sites (N-methyl/N-ethyl adjacent to an activating group) is 1. The van der Waals surface area contributed by atoms with Gasteiger partial charge in [-0.2, -0.15) is 0 Å². The summed E-state index contributed by atoms with van der Waals surface area (Å²) in [5, 5.41) is 0. The van der Waals surface area contributed by atoms with E-state index >= 15 is 0 Å². The third-order valence-corrected chi connectivity index (χ3v) is 4.49. The highest BCUT2D eigenvalue weighted by Gasteiger charge is 2.38. The second kappa shape index (κ2) is 6.36. The summed E-state index contributed by atoms with van der Waals surface area (Å²) in [6.45, 7) is 5.44. The van der Waals surface area contributed by atoms with Crippen molar-refractivity contribution in [2.75, 3.05) is 7.05 Å². The van der Waals surface area contributed by atoms with Gasteiger partial charge in [-0.25, -0.2) is 4.79 Å². The molecule has 0 aliphatic heterocycles. The lowest BCUT2D eigenvalue weighted by atomic mass is 9.89. The number of nitrogens with zero attached hydrogens (tertiary/aromatic N) is 1. The molecule has 0 spiro atoms. The molecule has 0 saturated carbocycles. The van der Waals surface area contributed by atoms with Crippen LogP contribution in [-0.2, 0) is 9.53 Å². The van der Waals surface area contributed by atoms with E-state index in [0.29, 0.717) is 0 Å². The Morgan fingerprint density at radius 3 is 1.96 bits per heavy atom. The van der Waals surface area contributed by atoms with E-state index < -0.39 is 17.7 Å². The number of carbonyl (C=O) groups excluding carboxylic acids is 2. The Kier molecular flexibility index (Phi) is 4.38. The first kappa shape index (κ1) is 17.2. The summed E-state index contributed by atoms with van der Waals surface area (Å²) in [4.78, 5) is 25.9. The second-order valence-electron chi connectivity index (χ2n) is 7.37. The zero-order chi connectivity index (χ0) is 18.2. The zero-order valence-electron chi connectivity index (χ0n) is 15.0. The van der Waals surface area contributed by atoms with Crippen molar-refractivity contribution in [1.29, 1.82) is 0 Å². The molecule has 25 heavy (non-hydrogen) atoms. The van der Waals surface area contributed by atoms with E-state index in [1.165, 1.54) is 4.90 Å². The molecule has 0 heterocycles. The van der Waals surface area contributed by atoms with E-state index in [9.17, 15) is 9.59 Å². The monoisotopic (exact) mass is 337 g/mol. The average Bonchev–Trinajstić information content (AvgIpc) is 2.89. The fourth-order valence-corrected chi connectivity index (χ4v) is 3.41. The molecule has 1 unspecified atom stereocenters. The molecule has 0 radical (unpaired) electrons. The number of benzene rings is 2. The van der Waals surface area contributed by atoms with Crippen LogP contribution in [0.3, 0.4) is 0 Å². The normalized spacial score (nSPS) is 14.4. The van der Waals surface area contributed by atoms with Gasteiger partial charge in [-0.15, -0.1) is 0 Å². The fraction of sp³-hybridized carbons (Fsp3) is 0.333. The molecule has 0 saturated heterocycles. The first-order chi connectivity index (χ1) is 11.8. The Labute approximate surface area is 148 Å². The van der Waals surface area contributed by atoms with Gasteiger partial charge in [-0.1, -0.05) is 48.5 Å². The molecule has 1 atom stereocenters. The molecule has 0 bridgehead atoms. The minimum Gasteiger partial charge on any atom is -0.444 e. The van der Waals surface area contributed by atoms with Crippen LogP contribution in [0, 0.1) is 0 Å². The molecule has 2 aromatic carbocycles. The van der Waals surface area contributed by atoms with Crippen molar-refractivity contribution in [1.82, 2.24) is 4.90 Å². The van der Waals surface area contributed by atoms with Crippen molar-refractivity contribution in [3.8, 4) is 11.1 Å². The van der Waals surface area contributed by atoms with Gasteiger partial charge in [0.15, 0.2) is 0 Å². The molecule has 0 fully saturated rings. The number of aldehydes is 1. The summed E-state index contributed by atoms with van der Waals surface area (Å²) in [5.74, 6) is -0.192. The predicted octanol–water partition coefficient (Wildman–Crippen LogP) is 4.23. The van der Waals surface area contributed by atoms with Crippen molar-refractivity contribution < 1.29 is 14.3 Å². The lowest BCUT2D eigenvalue weighted by Gasteiger charge is -2.31. The van der Waals surface area contributed by atoms with Crippen LogP contribution in [0.1, 0.15) is 37.8 Å². The van der Waals surface area contributed by atoms with E-state index in [1.807, 2.05) is 57.2 Å². The number of ether oxygens (including phenoxy) is 1. The maximum Gasteiger partial charge on any atom is 0.410 e. The van der Waals surface area contributed by atoms with E-state index in [1.54, 1.807) is 7.05 Å². The van der Waals surface area contributed by atoms with Crippen molar-refractivity contribution in [3.05, 3.63) is 59.7 Å². The molecule has 4 nitrogen and oxygen atoms in total. The molecule has 1 aliphatic rings.